The van der Waals surface area contributed by atoms with Crippen LogP contribution < -0.4 is 0 Å². The molecule has 0 N–H and O–H groups in total. The number of hydrogen-bond donors (Lipinski definition) is 0. The average Bonchev–Trinajstić information content (AvgIpc) is 3.78. The van der Waals surface area contributed by atoms with Crippen LogP contribution in [-0.2, 0) is 0 Å². The molecule has 3 heterocycles. The third kappa shape index (κ3) is 4.88. The normalized spacial score (nSPS) is 11.6. The number of aromatic nitrogens is 4. The number of rotatable bonds is 5. The summed E-state index contributed by atoms with van der Waals surface area (Å²) in [6.45, 7) is 0. The van der Waals surface area contributed by atoms with E-state index in [4.69, 9.17) is 19.9 Å². The fourth-order valence-corrected chi connectivity index (χ4v) is 8.98. The highest BCUT2D eigenvalue weighted by atomic mass is 32.1. The molecule has 7 aromatic carbocycles. The first-order valence-electron chi connectivity index (χ1n) is 16.5. The lowest BCUT2D eigenvalue weighted by molar-refractivity contribution is 1.08. The van der Waals surface area contributed by atoms with Crippen LogP contribution in [0, 0.1) is 0 Å². The van der Waals surface area contributed by atoms with Crippen LogP contribution in [0.15, 0.2) is 158 Å². The Labute approximate surface area is 296 Å². The maximum Gasteiger partial charge on any atom is 0.164 e. The largest absolute Gasteiger partial charge is 0.236 e. The average molecular weight is 675 g/mol. The SMILES string of the molecule is c1ccc(-c2nc(-c3ccc4ccccc4c3-c3ccccc3)nc(-c3cccc4sc5cc6nc(-c7ccccc7)sc6cc5c34)n2)cc1. The Hall–Kier alpha value is -6.08. The zero-order chi connectivity index (χ0) is 33.0. The predicted molar refractivity (Wildman–Crippen MR) is 211 cm³/mol. The second-order valence-electron chi connectivity index (χ2n) is 12.2. The second kappa shape index (κ2) is 11.8. The van der Waals surface area contributed by atoms with Gasteiger partial charge in [-0.3, -0.25) is 0 Å². The Bertz CT molecular complexity index is 2860. The van der Waals surface area contributed by atoms with Gasteiger partial charge in [0.2, 0.25) is 0 Å². The van der Waals surface area contributed by atoms with E-state index < -0.39 is 0 Å². The molecule has 3 aromatic heterocycles. The summed E-state index contributed by atoms with van der Waals surface area (Å²) in [5.41, 5.74) is 7.30. The topological polar surface area (TPSA) is 51.6 Å². The van der Waals surface area contributed by atoms with E-state index in [9.17, 15) is 0 Å². The minimum Gasteiger partial charge on any atom is -0.236 e. The van der Waals surface area contributed by atoms with Crippen molar-refractivity contribution in [2.75, 3.05) is 0 Å². The molecule has 0 spiro atoms. The number of thiazole rings is 1. The van der Waals surface area contributed by atoms with E-state index in [1.54, 1.807) is 22.7 Å². The molecule has 0 fully saturated rings. The van der Waals surface area contributed by atoms with Gasteiger partial charge in [0.15, 0.2) is 17.5 Å². The standard InChI is InChI=1S/C44H26N4S2/c1-4-14-28(15-5-1)39-31-20-11-10-13-27(31)23-24-33(39)43-47-41(29-16-6-2-7-17-29)46-42(48-43)32-21-12-22-36-40(32)34-25-38-35(26-37(34)49-36)45-44(50-38)30-18-8-3-9-19-30/h1-26H. The van der Waals surface area contributed by atoms with Crippen LogP contribution in [0.4, 0.5) is 0 Å². The van der Waals surface area contributed by atoms with Gasteiger partial charge in [0, 0.05) is 48.0 Å². The molecule has 0 saturated heterocycles. The molecule has 6 heteroatoms. The van der Waals surface area contributed by atoms with Gasteiger partial charge in [-0.2, -0.15) is 0 Å². The van der Waals surface area contributed by atoms with Gasteiger partial charge in [-0.25, -0.2) is 19.9 Å². The third-order valence-electron chi connectivity index (χ3n) is 9.17. The summed E-state index contributed by atoms with van der Waals surface area (Å²) in [6.07, 6.45) is 0. The maximum atomic E-state index is 5.31. The maximum absolute atomic E-state index is 5.31. The van der Waals surface area contributed by atoms with Gasteiger partial charge in [-0.1, -0.05) is 133 Å². The molecule has 0 aliphatic rings. The Morgan fingerprint density at radius 1 is 0.380 bits per heavy atom. The lowest BCUT2D eigenvalue weighted by Gasteiger charge is -2.15. The highest BCUT2D eigenvalue weighted by Crippen LogP contribution is 2.44. The Morgan fingerprint density at radius 2 is 1.04 bits per heavy atom. The third-order valence-corrected chi connectivity index (χ3v) is 11.4. The minimum absolute atomic E-state index is 0.645. The summed E-state index contributed by atoms with van der Waals surface area (Å²) < 4.78 is 3.55. The zero-order valence-electron chi connectivity index (χ0n) is 26.6. The summed E-state index contributed by atoms with van der Waals surface area (Å²) in [5, 5.41) is 5.71. The van der Waals surface area contributed by atoms with Crippen LogP contribution >= 0.6 is 22.7 Å². The van der Waals surface area contributed by atoms with Gasteiger partial charge in [-0.05, 0) is 40.6 Å². The van der Waals surface area contributed by atoms with E-state index in [0.717, 1.165) is 59.4 Å². The number of fused-ring (bicyclic) bond motifs is 5. The van der Waals surface area contributed by atoms with Gasteiger partial charge in [-0.15, -0.1) is 22.7 Å². The first kappa shape index (κ1) is 28.9. The van der Waals surface area contributed by atoms with Crippen LogP contribution in [0.3, 0.4) is 0 Å². The van der Waals surface area contributed by atoms with E-state index >= 15 is 0 Å². The number of hydrogen-bond acceptors (Lipinski definition) is 6. The van der Waals surface area contributed by atoms with Gasteiger partial charge in [0.25, 0.3) is 0 Å². The van der Waals surface area contributed by atoms with Crippen LogP contribution in [0.2, 0.25) is 0 Å². The molecule has 234 valence electrons. The molecule has 0 radical (unpaired) electrons. The Balaban J connectivity index is 1.23. The summed E-state index contributed by atoms with van der Waals surface area (Å²) in [5.74, 6) is 1.94. The predicted octanol–water partition coefficient (Wildman–Crippen LogP) is 12.3. The molecule has 0 amide bonds. The molecule has 10 rings (SSSR count). The monoisotopic (exact) mass is 674 g/mol. The molecule has 0 atom stereocenters. The van der Waals surface area contributed by atoms with E-state index in [2.05, 4.69) is 133 Å². The molecule has 0 aliphatic carbocycles. The van der Waals surface area contributed by atoms with Crippen molar-refractivity contribution < 1.29 is 0 Å². The van der Waals surface area contributed by atoms with Crippen molar-refractivity contribution in [1.29, 1.82) is 0 Å². The quantitative estimate of drug-likeness (QED) is 0.182. The zero-order valence-corrected chi connectivity index (χ0v) is 28.2. The molecule has 0 bridgehead atoms. The summed E-state index contributed by atoms with van der Waals surface area (Å²) in [6, 6.07) is 55.0. The van der Waals surface area contributed by atoms with Crippen molar-refractivity contribution >= 4 is 63.8 Å². The van der Waals surface area contributed by atoms with Gasteiger partial charge >= 0.3 is 0 Å². The molecule has 0 aliphatic heterocycles. The van der Waals surface area contributed by atoms with Crippen molar-refractivity contribution in [1.82, 2.24) is 19.9 Å². The summed E-state index contributed by atoms with van der Waals surface area (Å²) >= 11 is 3.52. The van der Waals surface area contributed by atoms with Crippen molar-refractivity contribution in [3.8, 4) is 55.9 Å². The Morgan fingerprint density at radius 3 is 1.82 bits per heavy atom. The van der Waals surface area contributed by atoms with Crippen molar-refractivity contribution in [2.24, 2.45) is 0 Å². The summed E-state index contributed by atoms with van der Waals surface area (Å²) in [4.78, 5) is 20.7. The second-order valence-corrected chi connectivity index (χ2v) is 14.3. The Kier molecular flexibility index (Phi) is 6.82. The first-order chi connectivity index (χ1) is 24.8. The van der Waals surface area contributed by atoms with Crippen molar-refractivity contribution in [3.63, 3.8) is 0 Å². The fraction of sp³-hybridized carbons (Fsp3) is 0. The molecule has 0 unspecified atom stereocenters. The lowest BCUT2D eigenvalue weighted by atomic mass is 9.93. The van der Waals surface area contributed by atoms with E-state index in [0.29, 0.717) is 17.5 Å². The smallest absolute Gasteiger partial charge is 0.164 e. The molecule has 4 nitrogen and oxygen atoms in total. The highest BCUT2D eigenvalue weighted by molar-refractivity contribution is 7.26. The van der Waals surface area contributed by atoms with Crippen LogP contribution in [0.5, 0.6) is 0 Å². The van der Waals surface area contributed by atoms with Crippen molar-refractivity contribution in [2.45, 2.75) is 0 Å². The van der Waals surface area contributed by atoms with Crippen LogP contribution in [0.1, 0.15) is 0 Å². The van der Waals surface area contributed by atoms with Crippen molar-refractivity contribution in [3.05, 3.63) is 158 Å². The van der Waals surface area contributed by atoms with Crippen LogP contribution in [0.25, 0.3) is 97.0 Å². The molecule has 0 saturated carbocycles. The first-order valence-corrected chi connectivity index (χ1v) is 18.1. The van der Waals surface area contributed by atoms with E-state index in [-0.39, 0.29) is 0 Å². The number of nitrogens with zero attached hydrogens (tertiary/aromatic N) is 4. The van der Waals surface area contributed by atoms with Gasteiger partial charge < -0.3 is 0 Å². The lowest BCUT2D eigenvalue weighted by Crippen LogP contribution is -2.01. The van der Waals surface area contributed by atoms with Gasteiger partial charge in [0.05, 0.1) is 10.2 Å². The molecular weight excluding hydrogens is 649 g/mol. The van der Waals surface area contributed by atoms with Crippen LogP contribution in [-0.4, -0.2) is 19.9 Å². The van der Waals surface area contributed by atoms with E-state index in [1.807, 2.05) is 24.3 Å². The van der Waals surface area contributed by atoms with E-state index in [1.165, 1.54) is 20.2 Å². The molecular formula is C44H26N4S2. The summed E-state index contributed by atoms with van der Waals surface area (Å²) in [7, 11) is 0. The molecule has 50 heavy (non-hydrogen) atoms. The van der Waals surface area contributed by atoms with Gasteiger partial charge in [0.1, 0.15) is 5.01 Å². The minimum atomic E-state index is 0.645. The fourth-order valence-electron chi connectivity index (χ4n) is 6.84. The number of thiophene rings is 1. The number of benzene rings is 7. The highest BCUT2D eigenvalue weighted by Gasteiger charge is 2.20. The molecule has 10 aromatic rings.